The van der Waals surface area contributed by atoms with Gasteiger partial charge in [-0.05, 0) is 29.8 Å². The van der Waals surface area contributed by atoms with Gasteiger partial charge in [-0.25, -0.2) is 4.39 Å². The maximum Gasteiger partial charge on any atom is 0.434 e. The lowest BCUT2D eigenvalue weighted by Crippen LogP contribution is -2.75. The first-order chi connectivity index (χ1) is 12.5. The largest absolute Gasteiger partial charge is 0.434 e. The second-order valence-electron chi connectivity index (χ2n) is 5.55. The van der Waals surface area contributed by atoms with Crippen molar-refractivity contribution in [1.82, 2.24) is 10.6 Å². The van der Waals surface area contributed by atoms with Gasteiger partial charge in [-0.15, -0.1) is 0 Å². The van der Waals surface area contributed by atoms with Crippen LogP contribution in [0.15, 0.2) is 54.6 Å². The molecule has 27 heavy (non-hydrogen) atoms. The molecule has 10 heteroatoms. The average Bonchev–Trinajstić information content (AvgIpc) is 2.58. The molecule has 0 aliphatic rings. The first kappa shape index (κ1) is 20.7. The van der Waals surface area contributed by atoms with Crippen LogP contribution in [0.25, 0.3) is 0 Å². The summed E-state index contributed by atoms with van der Waals surface area (Å²) in [5.74, 6) is -2.26. The number of carbonyl (C=O) groups excluding carboxylic acids is 1. The molecule has 0 aliphatic carbocycles. The van der Waals surface area contributed by atoms with Gasteiger partial charge in [0.05, 0.1) is 0 Å². The van der Waals surface area contributed by atoms with E-state index in [1.165, 1.54) is 23.5 Å². The summed E-state index contributed by atoms with van der Waals surface area (Å²) in [7, 11) is 0. The monoisotopic (exact) mass is 394 g/mol. The number of carbonyl (C=O) groups is 1. The molecule has 0 atom stereocenters. The third kappa shape index (κ3) is 4.57. The molecule has 0 bridgehead atoms. The molecule has 0 aliphatic heterocycles. The predicted octanol–water partition coefficient (Wildman–Crippen LogP) is 4.17. The highest BCUT2D eigenvalue weighted by Crippen LogP contribution is 2.41. The van der Waals surface area contributed by atoms with Crippen LogP contribution in [0.1, 0.15) is 15.9 Å². The second-order valence-corrected chi connectivity index (χ2v) is 5.55. The van der Waals surface area contributed by atoms with E-state index in [9.17, 15) is 35.5 Å². The Morgan fingerprint density at radius 3 is 1.81 bits per heavy atom. The normalized spacial score (nSPS) is 12.7. The fourth-order valence-electron chi connectivity index (χ4n) is 2.22. The van der Waals surface area contributed by atoms with Gasteiger partial charge in [0.25, 0.3) is 11.6 Å². The highest BCUT2D eigenvalue weighted by Gasteiger charge is 2.72. The van der Waals surface area contributed by atoms with Gasteiger partial charge in [0, 0.05) is 12.1 Å². The first-order valence-corrected chi connectivity index (χ1v) is 7.47. The second kappa shape index (κ2) is 7.55. The van der Waals surface area contributed by atoms with E-state index < -0.39 is 36.3 Å². The third-order valence-corrected chi connectivity index (χ3v) is 3.66. The molecule has 0 heterocycles. The van der Waals surface area contributed by atoms with Gasteiger partial charge >= 0.3 is 12.4 Å². The number of alkyl halides is 6. The standard InChI is InChI=1S/C17H13F7N2O/c18-13-8-6-11(7-9-13)10-25-15(16(19,20)21,17(22,23)24)26-14(27)12-4-2-1-3-5-12/h1-9,25H,10H2,(H,26,27). The number of hydrogen-bond acceptors (Lipinski definition) is 2. The fourth-order valence-corrected chi connectivity index (χ4v) is 2.22. The zero-order valence-corrected chi connectivity index (χ0v) is 13.5. The van der Waals surface area contributed by atoms with Gasteiger partial charge in [-0.2, -0.15) is 26.3 Å². The topological polar surface area (TPSA) is 41.1 Å². The minimum atomic E-state index is -5.91. The minimum Gasteiger partial charge on any atom is -0.319 e. The first-order valence-electron chi connectivity index (χ1n) is 7.47. The maximum absolute atomic E-state index is 13.5. The van der Waals surface area contributed by atoms with Crippen LogP contribution in [0.4, 0.5) is 30.7 Å². The molecule has 0 saturated heterocycles. The highest BCUT2D eigenvalue weighted by atomic mass is 19.4. The van der Waals surface area contributed by atoms with Crippen molar-refractivity contribution in [2.24, 2.45) is 0 Å². The van der Waals surface area contributed by atoms with Crippen LogP contribution >= 0.6 is 0 Å². The van der Waals surface area contributed by atoms with Gasteiger partial charge in [-0.3, -0.25) is 10.1 Å². The summed E-state index contributed by atoms with van der Waals surface area (Å²) in [5, 5.41) is 2.38. The molecule has 146 valence electrons. The molecule has 1 amide bonds. The molecule has 2 aromatic carbocycles. The van der Waals surface area contributed by atoms with E-state index in [0.717, 1.165) is 41.7 Å². The Balaban J connectivity index is 2.37. The quantitative estimate of drug-likeness (QED) is 0.591. The zero-order valence-electron chi connectivity index (χ0n) is 13.5. The molecule has 2 rings (SSSR count). The van der Waals surface area contributed by atoms with Crippen LogP contribution in [0, 0.1) is 5.82 Å². The summed E-state index contributed by atoms with van der Waals surface area (Å²) in [6, 6.07) is 10.0. The summed E-state index contributed by atoms with van der Waals surface area (Å²) in [5.41, 5.74) is -5.11. The smallest absolute Gasteiger partial charge is 0.319 e. The van der Waals surface area contributed by atoms with E-state index in [-0.39, 0.29) is 11.1 Å². The van der Waals surface area contributed by atoms with Crippen LogP contribution in [0.2, 0.25) is 0 Å². The third-order valence-electron chi connectivity index (χ3n) is 3.66. The molecule has 0 unspecified atom stereocenters. The number of hydrogen-bond donors (Lipinski definition) is 2. The Labute approximate surface area is 149 Å². The van der Waals surface area contributed by atoms with Crippen molar-refractivity contribution in [3.05, 3.63) is 71.5 Å². The molecule has 2 aromatic rings. The molecule has 0 radical (unpaired) electrons. The molecule has 0 spiro atoms. The van der Waals surface area contributed by atoms with Crippen LogP contribution in [-0.4, -0.2) is 23.9 Å². The van der Waals surface area contributed by atoms with Gasteiger partial charge in [0.15, 0.2) is 0 Å². The summed E-state index contributed by atoms with van der Waals surface area (Å²) < 4.78 is 93.6. The van der Waals surface area contributed by atoms with Crippen molar-refractivity contribution in [3.8, 4) is 0 Å². The number of benzene rings is 2. The van der Waals surface area contributed by atoms with E-state index in [2.05, 4.69) is 0 Å². The Hall–Kier alpha value is -2.62. The lowest BCUT2D eigenvalue weighted by atomic mass is 10.1. The molecule has 3 nitrogen and oxygen atoms in total. The molecule has 0 aromatic heterocycles. The fraction of sp³-hybridized carbons (Fsp3) is 0.235. The summed E-state index contributed by atoms with van der Waals surface area (Å²) in [6.07, 6.45) is -11.8. The molecule has 0 fully saturated rings. The SMILES string of the molecule is O=C(NC(NCc1ccc(F)cc1)(C(F)(F)F)C(F)(F)F)c1ccccc1. The Morgan fingerprint density at radius 1 is 0.815 bits per heavy atom. The molecule has 2 N–H and O–H groups in total. The number of nitrogens with one attached hydrogen (secondary N) is 2. The molecular weight excluding hydrogens is 381 g/mol. The average molecular weight is 394 g/mol. The summed E-state index contributed by atoms with van der Waals surface area (Å²) >= 11 is 0. The van der Waals surface area contributed by atoms with Crippen LogP contribution in [0.3, 0.4) is 0 Å². The molecular formula is C17H13F7N2O. The number of halogens is 7. The Kier molecular flexibility index (Phi) is 5.79. The van der Waals surface area contributed by atoms with Gasteiger partial charge in [0.2, 0.25) is 0 Å². The zero-order chi connectivity index (χ0) is 20.3. The number of amides is 1. The van der Waals surface area contributed by atoms with Crippen molar-refractivity contribution in [3.63, 3.8) is 0 Å². The highest BCUT2D eigenvalue weighted by molar-refractivity contribution is 5.94. The Bertz CT molecular complexity index is 757. The van der Waals surface area contributed by atoms with Gasteiger partial charge < -0.3 is 5.32 Å². The summed E-state index contributed by atoms with van der Waals surface area (Å²) in [6.45, 7) is -0.922. The van der Waals surface area contributed by atoms with Crippen molar-refractivity contribution < 1.29 is 35.5 Å². The van der Waals surface area contributed by atoms with E-state index in [1.54, 1.807) is 0 Å². The van der Waals surface area contributed by atoms with Gasteiger partial charge in [-0.1, -0.05) is 30.3 Å². The van der Waals surface area contributed by atoms with Crippen LogP contribution < -0.4 is 10.6 Å². The van der Waals surface area contributed by atoms with E-state index >= 15 is 0 Å². The van der Waals surface area contributed by atoms with Crippen LogP contribution in [0.5, 0.6) is 0 Å². The van der Waals surface area contributed by atoms with Gasteiger partial charge in [0.1, 0.15) is 5.82 Å². The molecule has 0 saturated carbocycles. The van der Waals surface area contributed by atoms with E-state index in [0.29, 0.717) is 0 Å². The van der Waals surface area contributed by atoms with Crippen molar-refractivity contribution in [1.29, 1.82) is 0 Å². The van der Waals surface area contributed by atoms with E-state index in [4.69, 9.17) is 0 Å². The predicted molar refractivity (Wildman–Crippen MR) is 82.0 cm³/mol. The summed E-state index contributed by atoms with van der Waals surface area (Å²) in [4.78, 5) is 12.0. The lowest BCUT2D eigenvalue weighted by molar-refractivity contribution is -0.314. The van der Waals surface area contributed by atoms with Crippen LogP contribution in [-0.2, 0) is 6.54 Å². The minimum absolute atomic E-state index is 0.0387. The number of rotatable bonds is 5. The maximum atomic E-state index is 13.5. The Morgan fingerprint density at radius 2 is 1.33 bits per heavy atom. The lowest BCUT2D eigenvalue weighted by Gasteiger charge is -2.38. The van der Waals surface area contributed by atoms with Crippen molar-refractivity contribution in [2.75, 3.05) is 0 Å². The van der Waals surface area contributed by atoms with Crippen molar-refractivity contribution >= 4 is 5.91 Å². The van der Waals surface area contributed by atoms with E-state index in [1.807, 2.05) is 0 Å². The van der Waals surface area contributed by atoms with Crippen molar-refractivity contribution in [2.45, 2.75) is 24.6 Å².